The maximum Gasteiger partial charge on any atom is 0.175 e. The molecule has 0 spiro atoms. The first kappa shape index (κ1) is 19.2. The van der Waals surface area contributed by atoms with Gasteiger partial charge in [-0.05, 0) is 43.5 Å². The van der Waals surface area contributed by atoms with Crippen LogP contribution in [0.15, 0.2) is 41.7 Å². The number of nitrogens with one attached hydrogen (secondary N) is 1. The molecule has 1 aromatic carbocycles. The van der Waals surface area contributed by atoms with Gasteiger partial charge in [-0.2, -0.15) is 5.10 Å². The van der Waals surface area contributed by atoms with E-state index >= 15 is 0 Å². The lowest BCUT2D eigenvalue weighted by Crippen LogP contribution is -2.19. The molecule has 0 aliphatic heterocycles. The molecular formula is C18H24N6O2S. The van der Waals surface area contributed by atoms with E-state index in [0.29, 0.717) is 5.65 Å². The molecule has 0 saturated carbocycles. The van der Waals surface area contributed by atoms with Crippen molar-refractivity contribution in [3.63, 3.8) is 0 Å². The summed E-state index contributed by atoms with van der Waals surface area (Å²) in [7, 11) is -3.23. The van der Waals surface area contributed by atoms with Gasteiger partial charge in [0.15, 0.2) is 15.5 Å². The van der Waals surface area contributed by atoms with Gasteiger partial charge in [0.1, 0.15) is 12.1 Å². The van der Waals surface area contributed by atoms with Crippen LogP contribution < -0.4 is 11.1 Å². The summed E-state index contributed by atoms with van der Waals surface area (Å²) < 4.78 is 24.9. The zero-order valence-electron chi connectivity index (χ0n) is 15.5. The normalized spacial score (nSPS) is 13.0. The topological polar surface area (TPSA) is 116 Å². The molecule has 0 aliphatic carbocycles. The van der Waals surface area contributed by atoms with Crippen LogP contribution in [0.25, 0.3) is 16.7 Å². The Morgan fingerprint density at radius 3 is 2.63 bits per heavy atom. The highest BCUT2D eigenvalue weighted by molar-refractivity contribution is 7.90. The number of fused-ring (bicyclic) bond motifs is 1. The van der Waals surface area contributed by atoms with Crippen molar-refractivity contribution in [1.29, 1.82) is 0 Å². The van der Waals surface area contributed by atoms with Gasteiger partial charge in [-0.15, -0.1) is 0 Å². The van der Waals surface area contributed by atoms with Crippen LogP contribution in [0.3, 0.4) is 0 Å². The molecular weight excluding hydrogens is 364 g/mol. The summed E-state index contributed by atoms with van der Waals surface area (Å²) in [4.78, 5) is 8.91. The highest BCUT2D eigenvalue weighted by atomic mass is 32.2. The molecule has 2 heterocycles. The monoisotopic (exact) mass is 388 g/mol. The molecule has 0 saturated heterocycles. The summed E-state index contributed by atoms with van der Waals surface area (Å²) >= 11 is 0. The van der Waals surface area contributed by atoms with Crippen LogP contribution in [0, 0.1) is 0 Å². The lowest BCUT2D eigenvalue weighted by molar-refractivity contribution is 0.578. The quantitative estimate of drug-likeness (QED) is 0.568. The second kappa shape index (κ2) is 8.01. The van der Waals surface area contributed by atoms with E-state index in [9.17, 15) is 8.42 Å². The van der Waals surface area contributed by atoms with E-state index in [1.165, 1.54) is 12.6 Å². The largest absolute Gasteiger partial charge is 0.369 e. The Balaban J connectivity index is 1.81. The van der Waals surface area contributed by atoms with Crippen molar-refractivity contribution in [3.8, 4) is 5.69 Å². The van der Waals surface area contributed by atoms with Crippen LogP contribution in [-0.2, 0) is 9.84 Å². The van der Waals surface area contributed by atoms with Crippen LogP contribution in [0.1, 0.15) is 26.2 Å². The maximum absolute atomic E-state index is 11.6. The summed E-state index contributed by atoms with van der Waals surface area (Å²) in [6.45, 7) is 2.86. The van der Waals surface area contributed by atoms with E-state index in [0.717, 1.165) is 42.7 Å². The van der Waals surface area contributed by atoms with Crippen LogP contribution in [0.2, 0.25) is 0 Å². The summed E-state index contributed by atoms with van der Waals surface area (Å²) in [6.07, 6.45) is 7.28. The third kappa shape index (κ3) is 4.42. The molecule has 0 fully saturated rings. The molecule has 27 heavy (non-hydrogen) atoms. The van der Waals surface area contributed by atoms with E-state index in [4.69, 9.17) is 5.73 Å². The zero-order chi connectivity index (χ0) is 19.4. The molecule has 0 aliphatic rings. The molecule has 1 unspecified atom stereocenters. The average Bonchev–Trinajstić information content (AvgIpc) is 3.09. The predicted molar refractivity (Wildman–Crippen MR) is 106 cm³/mol. The molecule has 0 radical (unpaired) electrons. The van der Waals surface area contributed by atoms with E-state index in [1.807, 2.05) is 0 Å². The van der Waals surface area contributed by atoms with Gasteiger partial charge in [0, 0.05) is 18.8 Å². The zero-order valence-corrected chi connectivity index (χ0v) is 16.3. The van der Waals surface area contributed by atoms with Gasteiger partial charge in [0.05, 0.1) is 22.2 Å². The molecule has 8 nitrogen and oxygen atoms in total. The first-order chi connectivity index (χ1) is 12.9. The average molecular weight is 388 g/mol. The van der Waals surface area contributed by atoms with Crippen molar-refractivity contribution < 1.29 is 8.42 Å². The van der Waals surface area contributed by atoms with Crippen molar-refractivity contribution in [2.75, 3.05) is 18.1 Å². The van der Waals surface area contributed by atoms with Crippen molar-refractivity contribution >= 4 is 26.7 Å². The lowest BCUT2D eigenvalue weighted by atomic mass is 10.1. The van der Waals surface area contributed by atoms with Crippen LogP contribution in [-0.4, -0.2) is 47.0 Å². The van der Waals surface area contributed by atoms with Crippen LogP contribution in [0.5, 0.6) is 0 Å². The Morgan fingerprint density at radius 2 is 1.96 bits per heavy atom. The number of nitrogens with zero attached hydrogens (tertiary/aromatic N) is 4. The third-order valence-corrected chi connectivity index (χ3v) is 5.57. The summed E-state index contributed by atoms with van der Waals surface area (Å²) in [5.41, 5.74) is 7.33. The Morgan fingerprint density at radius 1 is 1.22 bits per heavy atom. The van der Waals surface area contributed by atoms with Crippen molar-refractivity contribution in [2.24, 2.45) is 5.73 Å². The minimum atomic E-state index is -3.23. The first-order valence-corrected chi connectivity index (χ1v) is 10.8. The summed E-state index contributed by atoms with van der Waals surface area (Å²) in [6, 6.07) is 6.79. The van der Waals surface area contributed by atoms with Gasteiger partial charge in [-0.25, -0.2) is 23.1 Å². The van der Waals surface area contributed by atoms with E-state index < -0.39 is 9.84 Å². The Hall–Kier alpha value is -2.52. The van der Waals surface area contributed by atoms with E-state index in [-0.39, 0.29) is 10.9 Å². The molecule has 3 aromatic rings. The number of hydrogen-bond acceptors (Lipinski definition) is 7. The number of benzene rings is 1. The van der Waals surface area contributed by atoms with Crippen molar-refractivity contribution in [3.05, 3.63) is 36.8 Å². The molecule has 9 heteroatoms. The Labute approximate surface area is 158 Å². The maximum atomic E-state index is 11.6. The van der Waals surface area contributed by atoms with Gasteiger partial charge < -0.3 is 11.1 Å². The highest BCUT2D eigenvalue weighted by Gasteiger charge is 2.12. The number of nitrogens with two attached hydrogens (primary N) is 1. The van der Waals surface area contributed by atoms with Crippen molar-refractivity contribution in [1.82, 2.24) is 19.7 Å². The molecule has 2 aromatic heterocycles. The molecule has 144 valence electrons. The summed E-state index contributed by atoms with van der Waals surface area (Å²) in [5.74, 6) is 0.726. The van der Waals surface area contributed by atoms with E-state index in [1.54, 1.807) is 35.1 Å². The second-order valence-electron chi connectivity index (χ2n) is 6.52. The van der Waals surface area contributed by atoms with Crippen LogP contribution >= 0.6 is 0 Å². The highest BCUT2D eigenvalue weighted by Crippen LogP contribution is 2.22. The van der Waals surface area contributed by atoms with Gasteiger partial charge in [0.25, 0.3) is 0 Å². The fourth-order valence-corrected chi connectivity index (χ4v) is 3.41. The number of hydrogen-bond donors (Lipinski definition) is 2. The smallest absolute Gasteiger partial charge is 0.175 e. The van der Waals surface area contributed by atoms with Crippen molar-refractivity contribution in [2.45, 2.75) is 37.1 Å². The fraction of sp³-hybridized carbons (Fsp3) is 0.389. The molecule has 3 N–H and O–H groups in total. The van der Waals surface area contributed by atoms with Gasteiger partial charge in [-0.3, -0.25) is 0 Å². The molecule has 3 rings (SSSR count). The summed E-state index contributed by atoms with van der Waals surface area (Å²) in [5, 5.41) is 8.52. The van der Waals surface area contributed by atoms with Crippen LogP contribution in [0.4, 0.5) is 5.82 Å². The first-order valence-electron chi connectivity index (χ1n) is 8.89. The van der Waals surface area contributed by atoms with E-state index in [2.05, 4.69) is 27.3 Å². The number of anilines is 1. The third-order valence-electron chi connectivity index (χ3n) is 4.44. The number of aromatic nitrogens is 4. The fourth-order valence-electron chi connectivity index (χ4n) is 2.78. The minimum absolute atomic E-state index is 0.231. The predicted octanol–water partition coefficient (Wildman–Crippen LogP) is 2.15. The number of sulfone groups is 1. The SMILES string of the molecule is CCC(N)CCCNc1ncnc2c1cnn2-c1ccc(S(C)(=O)=O)cc1. The van der Waals surface area contributed by atoms with Gasteiger partial charge in [0.2, 0.25) is 0 Å². The molecule has 0 amide bonds. The molecule has 1 atom stereocenters. The lowest BCUT2D eigenvalue weighted by Gasteiger charge is -2.10. The Kier molecular flexibility index (Phi) is 5.71. The number of rotatable bonds is 8. The van der Waals surface area contributed by atoms with Gasteiger partial charge >= 0.3 is 0 Å². The second-order valence-corrected chi connectivity index (χ2v) is 8.54. The molecule has 0 bridgehead atoms. The standard InChI is InChI=1S/C18H24N6O2S/c1-3-13(19)5-4-10-20-17-16-11-23-24(18(16)22-12-21-17)14-6-8-15(9-7-14)27(2,25)26/h6-9,11-13H,3-5,10,19H2,1-2H3,(H,20,21,22). The Bertz CT molecular complexity index is 1010. The minimum Gasteiger partial charge on any atom is -0.369 e. The van der Waals surface area contributed by atoms with Gasteiger partial charge in [-0.1, -0.05) is 6.92 Å².